The maximum absolute atomic E-state index is 13.7. The summed E-state index contributed by atoms with van der Waals surface area (Å²) in [6.07, 6.45) is 3.50. The molecule has 0 radical (unpaired) electrons. The smallest absolute Gasteiger partial charge is 0.243 e. The second-order valence-corrected chi connectivity index (χ2v) is 5.11. The van der Waals surface area contributed by atoms with Crippen molar-refractivity contribution in [3.63, 3.8) is 0 Å². The Kier molecular flexibility index (Phi) is 3.27. The van der Waals surface area contributed by atoms with Crippen LogP contribution in [0.25, 0.3) is 0 Å². The molecule has 0 aromatic heterocycles. The van der Waals surface area contributed by atoms with Crippen LogP contribution >= 0.6 is 0 Å². The van der Waals surface area contributed by atoms with E-state index >= 15 is 0 Å². The summed E-state index contributed by atoms with van der Waals surface area (Å²) < 4.78 is 46.6. The first-order chi connectivity index (χ1) is 5.91. The molecule has 1 fully saturated rings. The van der Waals surface area contributed by atoms with Crippen LogP contribution < -0.4 is 0 Å². The highest BCUT2D eigenvalue weighted by atomic mass is 32.3. The minimum absolute atomic E-state index is 0.177. The van der Waals surface area contributed by atoms with Gasteiger partial charge in [-0.1, -0.05) is 25.7 Å². The quantitative estimate of drug-likeness (QED) is 0.520. The standard InChI is InChI=1S/C8H14F2O2S/c9-8(7-13(10,11)12)5-3-1-2-4-6-8/h1-7H2. The molecule has 0 bridgehead atoms. The van der Waals surface area contributed by atoms with E-state index in [9.17, 15) is 16.7 Å². The Morgan fingerprint density at radius 3 is 1.92 bits per heavy atom. The molecule has 5 heteroatoms. The van der Waals surface area contributed by atoms with Gasteiger partial charge in [0.1, 0.15) is 11.4 Å². The summed E-state index contributed by atoms with van der Waals surface area (Å²) in [4.78, 5) is 0. The third kappa shape index (κ3) is 4.02. The molecule has 0 aromatic carbocycles. The molecular formula is C8H14F2O2S. The van der Waals surface area contributed by atoms with Crippen LogP contribution in [0.2, 0.25) is 0 Å². The van der Waals surface area contributed by atoms with Crippen molar-refractivity contribution in [2.24, 2.45) is 0 Å². The van der Waals surface area contributed by atoms with E-state index in [1.165, 1.54) is 0 Å². The van der Waals surface area contributed by atoms with E-state index in [1.807, 2.05) is 0 Å². The van der Waals surface area contributed by atoms with Crippen LogP contribution in [0.3, 0.4) is 0 Å². The van der Waals surface area contributed by atoms with Crippen LogP contribution in [0.5, 0.6) is 0 Å². The van der Waals surface area contributed by atoms with Crippen molar-refractivity contribution in [3.05, 3.63) is 0 Å². The van der Waals surface area contributed by atoms with E-state index < -0.39 is 21.6 Å². The zero-order valence-corrected chi connectivity index (χ0v) is 8.25. The Hall–Kier alpha value is -0.190. The minimum atomic E-state index is -4.67. The highest BCUT2D eigenvalue weighted by molar-refractivity contribution is 7.86. The molecule has 0 amide bonds. The van der Waals surface area contributed by atoms with Gasteiger partial charge >= 0.3 is 10.2 Å². The van der Waals surface area contributed by atoms with Gasteiger partial charge in [0.15, 0.2) is 0 Å². The highest BCUT2D eigenvalue weighted by Gasteiger charge is 2.35. The van der Waals surface area contributed by atoms with Gasteiger partial charge in [-0.05, 0) is 12.8 Å². The summed E-state index contributed by atoms with van der Waals surface area (Å²) >= 11 is 0. The van der Waals surface area contributed by atoms with Gasteiger partial charge in [0.25, 0.3) is 0 Å². The normalized spacial score (nSPS) is 23.8. The molecule has 0 atom stereocenters. The molecule has 1 aliphatic rings. The second-order valence-electron chi connectivity index (χ2n) is 3.75. The van der Waals surface area contributed by atoms with Gasteiger partial charge in [-0.3, -0.25) is 0 Å². The minimum Gasteiger partial charge on any atom is -0.243 e. The van der Waals surface area contributed by atoms with Crippen LogP contribution in [0.15, 0.2) is 0 Å². The lowest BCUT2D eigenvalue weighted by Gasteiger charge is -2.20. The zero-order chi connectivity index (χ0) is 9.95. The van der Waals surface area contributed by atoms with Gasteiger partial charge in [0.05, 0.1) is 0 Å². The Bertz CT molecular complexity index is 253. The summed E-state index contributed by atoms with van der Waals surface area (Å²) in [6.45, 7) is 0. The third-order valence-corrected chi connectivity index (χ3v) is 3.29. The maximum Gasteiger partial charge on any atom is 0.305 e. The van der Waals surface area contributed by atoms with Crippen LogP contribution in [0.4, 0.5) is 8.28 Å². The van der Waals surface area contributed by atoms with E-state index in [2.05, 4.69) is 0 Å². The lowest BCUT2D eigenvalue weighted by molar-refractivity contribution is 0.167. The maximum atomic E-state index is 13.7. The van der Waals surface area contributed by atoms with Gasteiger partial charge in [-0.25, -0.2) is 4.39 Å². The van der Waals surface area contributed by atoms with Crippen molar-refractivity contribution in [2.45, 2.75) is 44.2 Å². The molecule has 1 aliphatic carbocycles. The first-order valence-corrected chi connectivity index (χ1v) is 6.08. The van der Waals surface area contributed by atoms with Crippen molar-refractivity contribution < 1.29 is 16.7 Å². The topological polar surface area (TPSA) is 34.1 Å². The summed E-state index contributed by atoms with van der Waals surface area (Å²) in [6, 6.07) is 0. The third-order valence-electron chi connectivity index (χ3n) is 2.43. The van der Waals surface area contributed by atoms with Crippen molar-refractivity contribution >= 4 is 10.2 Å². The Morgan fingerprint density at radius 1 is 1.08 bits per heavy atom. The number of hydrogen-bond donors (Lipinski definition) is 0. The van der Waals surface area contributed by atoms with Crippen molar-refractivity contribution in [1.29, 1.82) is 0 Å². The molecule has 13 heavy (non-hydrogen) atoms. The Morgan fingerprint density at radius 2 is 1.54 bits per heavy atom. The van der Waals surface area contributed by atoms with Crippen LogP contribution in [-0.2, 0) is 10.2 Å². The monoisotopic (exact) mass is 212 g/mol. The van der Waals surface area contributed by atoms with Gasteiger partial charge in [-0.2, -0.15) is 8.42 Å². The van der Waals surface area contributed by atoms with E-state index in [1.54, 1.807) is 0 Å². The molecule has 0 aromatic rings. The predicted octanol–water partition coefficient (Wildman–Crippen LogP) is 2.35. The molecular weight excluding hydrogens is 198 g/mol. The molecule has 1 rings (SSSR count). The number of alkyl halides is 1. The van der Waals surface area contributed by atoms with Gasteiger partial charge in [0.2, 0.25) is 0 Å². The van der Waals surface area contributed by atoms with E-state index in [4.69, 9.17) is 0 Å². The van der Waals surface area contributed by atoms with Crippen LogP contribution in [0.1, 0.15) is 38.5 Å². The summed E-state index contributed by atoms with van der Waals surface area (Å²) in [5.74, 6) is -0.958. The van der Waals surface area contributed by atoms with Gasteiger partial charge < -0.3 is 0 Å². The summed E-state index contributed by atoms with van der Waals surface area (Å²) in [7, 11) is -4.67. The van der Waals surface area contributed by atoms with Crippen molar-refractivity contribution in [3.8, 4) is 0 Å². The Labute approximate surface area is 77.5 Å². The largest absolute Gasteiger partial charge is 0.305 e. The number of halogens is 2. The Balaban J connectivity index is 2.62. The molecule has 2 nitrogen and oxygen atoms in total. The molecule has 0 saturated heterocycles. The first kappa shape index (κ1) is 10.9. The summed E-state index contributed by atoms with van der Waals surface area (Å²) in [5, 5.41) is 0. The van der Waals surface area contributed by atoms with E-state index in [0.717, 1.165) is 12.8 Å². The zero-order valence-electron chi connectivity index (χ0n) is 7.43. The van der Waals surface area contributed by atoms with E-state index in [0.29, 0.717) is 12.8 Å². The molecule has 0 unspecified atom stereocenters. The lowest BCUT2D eigenvalue weighted by atomic mass is 9.99. The number of hydrogen-bond acceptors (Lipinski definition) is 2. The molecule has 1 saturated carbocycles. The summed E-state index contributed by atoms with van der Waals surface area (Å²) in [5.41, 5.74) is -1.82. The molecule has 0 heterocycles. The SMILES string of the molecule is O=S(=O)(F)CC1(F)CCCCCC1. The van der Waals surface area contributed by atoms with Gasteiger partial charge in [-0.15, -0.1) is 3.89 Å². The fourth-order valence-corrected chi connectivity index (χ4v) is 2.72. The average Bonchev–Trinajstić information content (AvgIpc) is 2.09. The first-order valence-electron chi connectivity index (χ1n) is 4.53. The van der Waals surface area contributed by atoms with Crippen LogP contribution in [-0.4, -0.2) is 19.8 Å². The molecule has 0 spiro atoms. The fraction of sp³-hybridized carbons (Fsp3) is 1.00. The van der Waals surface area contributed by atoms with Gasteiger partial charge in [0, 0.05) is 0 Å². The van der Waals surface area contributed by atoms with Crippen LogP contribution in [0, 0.1) is 0 Å². The molecule has 0 N–H and O–H groups in total. The highest BCUT2D eigenvalue weighted by Crippen LogP contribution is 2.32. The predicted molar refractivity (Wildman–Crippen MR) is 46.4 cm³/mol. The van der Waals surface area contributed by atoms with Crippen molar-refractivity contribution in [1.82, 2.24) is 0 Å². The second kappa shape index (κ2) is 3.90. The van der Waals surface area contributed by atoms with Crippen molar-refractivity contribution in [2.75, 3.05) is 5.75 Å². The fourth-order valence-electron chi connectivity index (χ4n) is 1.82. The number of rotatable bonds is 2. The lowest BCUT2D eigenvalue weighted by Crippen LogP contribution is -2.30. The average molecular weight is 212 g/mol. The molecule has 78 valence electrons. The van der Waals surface area contributed by atoms with E-state index in [-0.39, 0.29) is 12.8 Å². The molecule has 0 aliphatic heterocycles.